The molecule has 0 saturated carbocycles. The van der Waals surface area contributed by atoms with Crippen molar-refractivity contribution in [3.8, 4) is 34.1 Å². The smallest absolute Gasteiger partial charge is 0.420 e. The van der Waals surface area contributed by atoms with E-state index in [4.69, 9.17) is 20.9 Å². The van der Waals surface area contributed by atoms with Crippen molar-refractivity contribution >= 4 is 23.3 Å². The Labute approximate surface area is 232 Å². The van der Waals surface area contributed by atoms with Gasteiger partial charge in [-0.3, -0.25) is 0 Å². The van der Waals surface area contributed by atoms with Gasteiger partial charge in [-0.25, -0.2) is 9.59 Å². The van der Waals surface area contributed by atoms with Crippen molar-refractivity contribution in [2.75, 3.05) is 11.5 Å². The van der Waals surface area contributed by atoms with E-state index < -0.39 is 69.5 Å². The normalized spacial score (nSPS) is 11.7. The SMILES string of the molecule is Nc1ccc(Oc2ccc(-c3ccc(Oc4ccc(N)cc4C(F)(F)F)c(C(=O)O)c3)cc2C(=O)O)c(C(F)(F)F)c1. The molecule has 14 heteroatoms. The molecule has 0 saturated heterocycles. The molecular weight excluding hydrogens is 574 g/mol. The van der Waals surface area contributed by atoms with Crippen molar-refractivity contribution in [3.63, 3.8) is 0 Å². The summed E-state index contributed by atoms with van der Waals surface area (Å²) < 4.78 is 91.4. The third-order valence-electron chi connectivity index (χ3n) is 5.81. The number of aromatic carboxylic acids is 2. The van der Waals surface area contributed by atoms with E-state index in [2.05, 4.69) is 0 Å². The number of hydrogen-bond donors (Lipinski definition) is 4. The molecule has 0 unspecified atom stereocenters. The maximum Gasteiger partial charge on any atom is 0.420 e. The lowest BCUT2D eigenvalue weighted by Gasteiger charge is -2.17. The average molecular weight is 592 g/mol. The monoisotopic (exact) mass is 592 g/mol. The first-order chi connectivity index (χ1) is 19.5. The quantitative estimate of drug-likeness (QED) is 0.127. The fraction of sp³-hybridized carbons (Fsp3) is 0.0714. The summed E-state index contributed by atoms with van der Waals surface area (Å²) in [6.45, 7) is 0. The van der Waals surface area contributed by atoms with Crippen LogP contribution in [-0.4, -0.2) is 22.2 Å². The summed E-state index contributed by atoms with van der Waals surface area (Å²) in [5, 5.41) is 19.4. The standard InChI is InChI=1S/C28H18F6N2O6/c29-27(30,31)19-11-15(35)3-7-23(19)41-21-5-1-13(9-17(21)25(37)38)14-2-6-22(18(10-14)26(39)40)42-24-8-4-16(36)12-20(24)28(32,33)34/h1-12H,35-36H2,(H,37,38)(H,39,40). The maximum absolute atomic E-state index is 13.5. The Balaban J connectivity index is 1.73. The van der Waals surface area contributed by atoms with Crippen LogP contribution in [0.2, 0.25) is 0 Å². The predicted octanol–water partition coefficient (Wildman–Crippen LogP) is 7.54. The molecule has 0 fully saturated rings. The van der Waals surface area contributed by atoms with Crippen molar-refractivity contribution in [3.05, 3.63) is 95.1 Å². The van der Waals surface area contributed by atoms with Gasteiger partial charge < -0.3 is 31.2 Å². The topological polar surface area (TPSA) is 145 Å². The predicted molar refractivity (Wildman–Crippen MR) is 138 cm³/mol. The van der Waals surface area contributed by atoms with Gasteiger partial charge in [0, 0.05) is 11.4 Å². The fourth-order valence-electron chi connectivity index (χ4n) is 3.88. The second-order valence-corrected chi connectivity index (χ2v) is 8.74. The van der Waals surface area contributed by atoms with Gasteiger partial charge in [-0.2, -0.15) is 26.3 Å². The van der Waals surface area contributed by atoms with Crippen LogP contribution in [0.4, 0.5) is 37.7 Å². The fourth-order valence-corrected chi connectivity index (χ4v) is 3.88. The van der Waals surface area contributed by atoms with E-state index in [1.807, 2.05) is 0 Å². The molecule has 0 radical (unpaired) electrons. The lowest BCUT2D eigenvalue weighted by atomic mass is 9.99. The second kappa shape index (κ2) is 10.9. The van der Waals surface area contributed by atoms with Crippen LogP contribution in [0, 0.1) is 0 Å². The van der Waals surface area contributed by atoms with E-state index in [1.165, 1.54) is 12.1 Å². The van der Waals surface area contributed by atoms with Gasteiger partial charge >= 0.3 is 24.3 Å². The summed E-state index contributed by atoms with van der Waals surface area (Å²) in [6.07, 6.45) is -9.73. The Hall–Kier alpha value is -5.40. The highest BCUT2D eigenvalue weighted by Gasteiger charge is 2.36. The minimum absolute atomic E-state index is 0.102. The number of carboxylic acid groups (broad SMARTS) is 2. The molecule has 4 aromatic carbocycles. The molecule has 6 N–H and O–H groups in total. The lowest BCUT2D eigenvalue weighted by molar-refractivity contribution is -0.139. The Kier molecular flexibility index (Phi) is 7.66. The van der Waals surface area contributed by atoms with Crippen molar-refractivity contribution in [2.45, 2.75) is 12.4 Å². The van der Waals surface area contributed by atoms with E-state index in [1.54, 1.807) is 0 Å². The minimum atomic E-state index is -4.86. The van der Waals surface area contributed by atoms with E-state index >= 15 is 0 Å². The molecule has 0 bridgehead atoms. The summed E-state index contributed by atoms with van der Waals surface area (Å²) in [4.78, 5) is 23.9. The molecule has 0 aliphatic heterocycles. The summed E-state index contributed by atoms with van der Waals surface area (Å²) >= 11 is 0. The number of nitrogen functional groups attached to an aromatic ring is 2. The first-order valence-corrected chi connectivity index (χ1v) is 11.6. The lowest BCUT2D eigenvalue weighted by Crippen LogP contribution is -2.09. The number of ether oxygens (including phenoxy) is 2. The maximum atomic E-state index is 13.5. The van der Waals surface area contributed by atoms with Gasteiger partial charge in [-0.05, 0) is 71.8 Å². The molecule has 0 spiro atoms. The van der Waals surface area contributed by atoms with Crippen molar-refractivity contribution in [1.29, 1.82) is 0 Å². The van der Waals surface area contributed by atoms with Crippen molar-refractivity contribution in [2.24, 2.45) is 0 Å². The molecule has 0 atom stereocenters. The van der Waals surface area contributed by atoms with Gasteiger partial charge in [0.2, 0.25) is 0 Å². The number of carboxylic acids is 2. The third kappa shape index (κ3) is 6.32. The number of benzene rings is 4. The van der Waals surface area contributed by atoms with Gasteiger partial charge in [0.1, 0.15) is 45.3 Å². The molecule has 42 heavy (non-hydrogen) atoms. The minimum Gasteiger partial charge on any atom is -0.478 e. The average Bonchev–Trinajstić information content (AvgIpc) is 2.89. The highest BCUT2D eigenvalue weighted by molar-refractivity contribution is 5.95. The van der Waals surface area contributed by atoms with Gasteiger partial charge in [-0.1, -0.05) is 12.1 Å². The van der Waals surface area contributed by atoms with Crippen molar-refractivity contribution in [1.82, 2.24) is 0 Å². The van der Waals surface area contributed by atoms with E-state index in [0.29, 0.717) is 12.1 Å². The zero-order valence-corrected chi connectivity index (χ0v) is 20.9. The molecule has 4 aromatic rings. The molecule has 0 aliphatic carbocycles. The number of nitrogens with two attached hydrogens (primary N) is 2. The van der Waals surface area contributed by atoms with Crippen LogP contribution < -0.4 is 20.9 Å². The first-order valence-electron chi connectivity index (χ1n) is 11.6. The number of carbonyl (C=O) groups is 2. The molecule has 4 rings (SSSR count). The summed E-state index contributed by atoms with van der Waals surface area (Å²) in [7, 11) is 0. The van der Waals surface area contributed by atoms with Gasteiger partial charge in [0.05, 0.1) is 0 Å². The van der Waals surface area contributed by atoms with Crippen molar-refractivity contribution < 1.29 is 55.6 Å². The van der Waals surface area contributed by atoms with Crippen LogP contribution in [0.1, 0.15) is 31.8 Å². The van der Waals surface area contributed by atoms with E-state index in [0.717, 1.165) is 48.5 Å². The molecular formula is C28H18F6N2O6. The summed E-state index contributed by atoms with van der Waals surface area (Å²) in [6, 6.07) is 12.1. The number of alkyl halides is 6. The highest BCUT2D eigenvalue weighted by Crippen LogP contribution is 2.42. The summed E-state index contributed by atoms with van der Waals surface area (Å²) in [5.74, 6) is -5.47. The number of halogens is 6. The van der Waals surface area contributed by atoms with Gasteiger partial charge in [0.25, 0.3) is 0 Å². The summed E-state index contributed by atoms with van der Waals surface area (Å²) in [5.41, 5.74) is 7.10. The molecule has 0 amide bonds. The number of hydrogen-bond acceptors (Lipinski definition) is 6. The highest BCUT2D eigenvalue weighted by atomic mass is 19.4. The van der Waals surface area contributed by atoms with Crippen LogP contribution in [0.15, 0.2) is 72.8 Å². The molecule has 218 valence electrons. The first kappa shape index (κ1) is 29.6. The largest absolute Gasteiger partial charge is 0.478 e. The third-order valence-corrected chi connectivity index (χ3v) is 5.81. The van der Waals surface area contributed by atoms with Gasteiger partial charge in [0.15, 0.2) is 0 Å². The van der Waals surface area contributed by atoms with Gasteiger partial charge in [-0.15, -0.1) is 0 Å². The Morgan fingerprint density at radius 2 is 0.881 bits per heavy atom. The van der Waals surface area contributed by atoms with Crippen LogP contribution >= 0.6 is 0 Å². The molecule has 8 nitrogen and oxygen atoms in total. The van der Waals surface area contributed by atoms with Crippen LogP contribution in [-0.2, 0) is 12.4 Å². The number of rotatable bonds is 7. The van der Waals surface area contributed by atoms with E-state index in [-0.39, 0.29) is 22.5 Å². The Morgan fingerprint density at radius 3 is 1.19 bits per heavy atom. The van der Waals surface area contributed by atoms with E-state index in [9.17, 15) is 46.1 Å². The Morgan fingerprint density at radius 1 is 0.548 bits per heavy atom. The molecule has 0 aliphatic rings. The second-order valence-electron chi connectivity index (χ2n) is 8.74. The van der Waals surface area contributed by atoms with Crippen LogP contribution in [0.5, 0.6) is 23.0 Å². The zero-order valence-electron chi connectivity index (χ0n) is 20.9. The molecule has 0 aromatic heterocycles. The zero-order chi connectivity index (χ0) is 31.0. The number of anilines is 2. The Bertz CT molecular complexity index is 1580. The van der Waals surface area contributed by atoms with Crippen LogP contribution in [0.25, 0.3) is 11.1 Å². The molecule has 0 heterocycles. The van der Waals surface area contributed by atoms with Crippen LogP contribution in [0.3, 0.4) is 0 Å².